The Morgan fingerprint density at radius 2 is 1.73 bits per heavy atom. The number of aromatic amines is 1. The van der Waals surface area contributed by atoms with Crippen LogP contribution in [0, 0.1) is 5.92 Å². The molecule has 1 saturated heterocycles. The molecule has 4 aromatic rings. The highest BCUT2D eigenvalue weighted by atomic mass is 16.8. The maximum atomic E-state index is 14.7. The number of hydrogen-bond donors (Lipinski definition) is 10. The largest absolute Gasteiger partial charge is 0.508 e. The smallest absolute Gasteiger partial charge is 0.355 e. The van der Waals surface area contributed by atoms with E-state index in [1.165, 1.54) is 36.7 Å². The Hall–Kier alpha value is -5.75. The molecule has 2 aliphatic carbocycles. The quantitative estimate of drug-likeness (QED) is 0.0627. The van der Waals surface area contributed by atoms with Gasteiger partial charge >= 0.3 is 11.9 Å². The molecule has 10 N–H and O–H groups in total. The number of nitrogens with zero attached hydrogens (tertiary/aromatic N) is 2. The van der Waals surface area contributed by atoms with Crippen LogP contribution in [-0.2, 0) is 26.2 Å². The number of benzene rings is 3. The molecule has 8 unspecified atom stereocenters. The van der Waals surface area contributed by atoms with Crippen molar-refractivity contribution in [3.8, 4) is 23.0 Å². The third kappa shape index (κ3) is 6.52. The zero-order valence-corrected chi connectivity index (χ0v) is 31.6. The Balaban J connectivity index is 1.25. The Bertz CT molecular complexity index is 2310. The van der Waals surface area contributed by atoms with Crippen LogP contribution in [0.4, 0.5) is 5.69 Å². The van der Waals surface area contributed by atoms with Gasteiger partial charge in [-0.1, -0.05) is 55.7 Å². The van der Waals surface area contributed by atoms with Gasteiger partial charge in [0, 0.05) is 52.9 Å². The second-order valence-electron chi connectivity index (χ2n) is 15.8. The number of carbonyl (C=O) groups is 2. The van der Waals surface area contributed by atoms with E-state index < -0.39 is 83.2 Å². The lowest BCUT2D eigenvalue weighted by atomic mass is 9.57. The van der Waals surface area contributed by atoms with Crippen LogP contribution in [0.1, 0.15) is 66.0 Å². The number of aliphatic hydroxyl groups is 5. The molecule has 310 valence electrons. The number of aromatic hydroxyl groups is 3. The summed E-state index contributed by atoms with van der Waals surface area (Å²) in [5.41, 5.74) is -0.267. The van der Waals surface area contributed by atoms with Gasteiger partial charge in [-0.15, -0.1) is 0 Å². The summed E-state index contributed by atoms with van der Waals surface area (Å²) in [5, 5.41) is 97.3. The van der Waals surface area contributed by atoms with Crippen LogP contribution >= 0.6 is 0 Å². The highest BCUT2D eigenvalue weighted by Gasteiger charge is 2.66. The number of H-pyrrole nitrogens is 1. The minimum Gasteiger partial charge on any atom is -0.508 e. The third-order valence-electron chi connectivity index (χ3n) is 12.5. The van der Waals surface area contributed by atoms with E-state index in [0.29, 0.717) is 36.0 Å². The van der Waals surface area contributed by atoms with Crippen molar-refractivity contribution in [3.05, 3.63) is 113 Å². The van der Waals surface area contributed by atoms with Gasteiger partial charge in [-0.05, 0) is 60.2 Å². The van der Waals surface area contributed by atoms with Gasteiger partial charge in [-0.3, -0.25) is 9.69 Å². The number of aliphatic carboxylic acids is 1. The van der Waals surface area contributed by atoms with Gasteiger partial charge in [-0.2, -0.15) is 0 Å². The second kappa shape index (κ2) is 15.1. The maximum Gasteiger partial charge on any atom is 0.355 e. The number of aliphatic hydroxyl groups excluding tert-OH is 4. The SMILES string of the molecule is O=C(C=Cc1ccc(O)c(Cc2cnc[nH]2)c1)N1c2cc(OC3(O)OC(CO)C(O)C(O)C3O)c(O)cc2C2C(C3(c4ccccc4O)CCCCC3)C=CC21C(=O)O. The molecular weight excluding hydrogens is 766 g/mol. The summed E-state index contributed by atoms with van der Waals surface area (Å²) < 4.78 is 10.9. The first kappa shape index (κ1) is 40.0. The lowest BCUT2D eigenvalue weighted by Crippen LogP contribution is -2.67. The highest BCUT2D eigenvalue weighted by Crippen LogP contribution is 2.64. The first-order valence-corrected chi connectivity index (χ1v) is 19.4. The molecule has 1 amide bonds. The van der Waals surface area contributed by atoms with Crippen molar-refractivity contribution < 1.29 is 65.0 Å². The summed E-state index contributed by atoms with van der Waals surface area (Å²) in [6, 6.07) is 14.0. The number of aromatic nitrogens is 2. The van der Waals surface area contributed by atoms with Gasteiger partial charge in [0.15, 0.2) is 23.1 Å². The number of anilines is 1. The van der Waals surface area contributed by atoms with Crippen LogP contribution in [0.5, 0.6) is 23.0 Å². The van der Waals surface area contributed by atoms with Crippen molar-refractivity contribution in [2.24, 2.45) is 5.92 Å². The predicted molar refractivity (Wildman–Crippen MR) is 208 cm³/mol. The number of fused-ring (bicyclic) bond motifs is 3. The molecule has 1 aromatic heterocycles. The first-order valence-electron chi connectivity index (χ1n) is 19.4. The highest BCUT2D eigenvalue weighted by molar-refractivity contribution is 6.13. The number of ether oxygens (including phenoxy) is 2. The number of phenolic OH excluding ortho intramolecular Hbond substituents is 3. The molecule has 2 fully saturated rings. The standard InChI is InChI=1S/C43H45N3O13/c47-21-34-37(52)38(53)39(54)43(57,59-34)58-33-19-29-26(18-32(33)50)36-28(41(13-4-1-5-14-41)27-6-2-3-7-31(27)49)12-15-42(36,40(55)56)46(29)35(51)11-9-23-8-10-30(48)24(16-23)17-25-20-44-22-45-25/h2-3,6-12,15-16,18-20,22,28,34,36-39,47-50,52-54,57H,1,4-5,13-14,17,21H2,(H,44,45)(H,55,56). The van der Waals surface area contributed by atoms with Crippen molar-refractivity contribution >= 4 is 23.6 Å². The van der Waals surface area contributed by atoms with E-state index in [-0.39, 0.29) is 22.7 Å². The predicted octanol–water partition coefficient (Wildman–Crippen LogP) is 2.67. The fraction of sp³-hybridized carbons (Fsp3) is 0.372. The number of para-hydroxylation sites is 1. The fourth-order valence-corrected chi connectivity index (χ4v) is 9.69. The van der Waals surface area contributed by atoms with Crippen molar-refractivity contribution in [2.45, 2.75) is 85.8 Å². The molecule has 3 heterocycles. The number of imidazole rings is 1. The average molecular weight is 812 g/mol. The minimum absolute atomic E-state index is 0.0147. The Labute approximate surface area is 337 Å². The normalized spacial score (nSPS) is 29.7. The van der Waals surface area contributed by atoms with Crippen molar-refractivity contribution in [1.29, 1.82) is 0 Å². The molecule has 16 heteroatoms. The molecule has 3 aromatic carbocycles. The molecule has 8 rings (SSSR count). The summed E-state index contributed by atoms with van der Waals surface area (Å²) in [4.78, 5) is 36.7. The van der Waals surface area contributed by atoms with E-state index in [4.69, 9.17) is 9.47 Å². The maximum absolute atomic E-state index is 14.7. The number of hydrogen-bond acceptors (Lipinski definition) is 13. The Morgan fingerprint density at radius 1 is 0.966 bits per heavy atom. The van der Waals surface area contributed by atoms with Gasteiger partial charge in [-0.25, -0.2) is 9.78 Å². The van der Waals surface area contributed by atoms with Crippen molar-refractivity contribution in [1.82, 2.24) is 9.97 Å². The van der Waals surface area contributed by atoms with E-state index in [9.17, 15) is 55.5 Å². The summed E-state index contributed by atoms with van der Waals surface area (Å²) in [6.45, 7) is -0.900. The first-order chi connectivity index (χ1) is 28.2. The molecule has 0 bridgehead atoms. The van der Waals surface area contributed by atoms with Gasteiger partial charge < -0.3 is 60.4 Å². The number of rotatable bonds is 10. The minimum atomic E-state index is -3.14. The molecule has 1 saturated carbocycles. The zero-order chi connectivity index (χ0) is 41.9. The summed E-state index contributed by atoms with van der Waals surface area (Å²) >= 11 is 0. The molecule has 16 nitrogen and oxygen atoms in total. The van der Waals surface area contributed by atoms with E-state index >= 15 is 0 Å². The monoisotopic (exact) mass is 811 g/mol. The van der Waals surface area contributed by atoms with Gasteiger partial charge in [0.25, 0.3) is 5.91 Å². The Kier molecular flexibility index (Phi) is 10.3. The number of phenols is 3. The Morgan fingerprint density at radius 3 is 2.42 bits per heavy atom. The number of carboxylic acids is 1. The van der Waals surface area contributed by atoms with Crippen LogP contribution in [0.25, 0.3) is 6.08 Å². The topological polar surface area (TPSA) is 267 Å². The number of nitrogens with one attached hydrogen (secondary N) is 1. The molecule has 4 aliphatic rings. The molecule has 59 heavy (non-hydrogen) atoms. The van der Waals surface area contributed by atoms with E-state index in [1.54, 1.807) is 42.6 Å². The van der Waals surface area contributed by atoms with E-state index in [1.807, 2.05) is 6.07 Å². The van der Waals surface area contributed by atoms with Gasteiger partial charge in [0.1, 0.15) is 29.8 Å². The summed E-state index contributed by atoms with van der Waals surface area (Å²) in [6.07, 6.45) is 5.18. The van der Waals surface area contributed by atoms with Crippen molar-refractivity contribution in [2.75, 3.05) is 11.5 Å². The lowest BCUT2D eigenvalue weighted by Gasteiger charge is -2.46. The fourth-order valence-electron chi connectivity index (χ4n) is 9.69. The third-order valence-corrected chi connectivity index (χ3v) is 12.5. The van der Waals surface area contributed by atoms with Crippen LogP contribution in [-0.4, -0.2) is 110 Å². The molecular formula is C43H45N3O13. The average Bonchev–Trinajstić information content (AvgIpc) is 3.95. The zero-order valence-electron chi connectivity index (χ0n) is 31.6. The molecule has 8 atom stereocenters. The summed E-state index contributed by atoms with van der Waals surface area (Å²) in [5.74, 6) is -8.17. The number of allylic oxidation sites excluding steroid dienone is 1. The van der Waals surface area contributed by atoms with E-state index in [0.717, 1.165) is 35.9 Å². The number of amides is 1. The second-order valence-corrected chi connectivity index (χ2v) is 15.8. The van der Waals surface area contributed by atoms with Crippen molar-refractivity contribution in [3.63, 3.8) is 0 Å². The van der Waals surface area contributed by atoms with Crippen LogP contribution in [0.15, 0.2) is 85.3 Å². The van der Waals surface area contributed by atoms with Crippen LogP contribution in [0.2, 0.25) is 0 Å². The summed E-state index contributed by atoms with van der Waals surface area (Å²) in [7, 11) is 0. The van der Waals surface area contributed by atoms with E-state index in [2.05, 4.69) is 9.97 Å². The lowest BCUT2D eigenvalue weighted by molar-refractivity contribution is -0.422. The van der Waals surface area contributed by atoms with Crippen LogP contribution in [0.3, 0.4) is 0 Å². The molecule has 0 radical (unpaired) electrons. The van der Waals surface area contributed by atoms with Crippen LogP contribution < -0.4 is 9.64 Å². The molecule has 0 spiro atoms. The number of carboxylic acid groups (broad SMARTS) is 1. The van der Waals surface area contributed by atoms with Gasteiger partial charge in [0.2, 0.25) is 0 Å². The molecule has 2 aliphatic heterocycles. The van der Waals surface area contributed by atoms with Gasteiger partial charge in [0.05, 0.1) is 18.6 Å². The number of carbonyl (C=O) groups excluding carboxylic acids is 1.